The van der Waals surface area contributed by atoms with Crippen molar-refractivity contribution >= 4 is 5.57 Å². The highest BCUT2D eigenvalue weighted by Crippen LogP contribution is 2.61. The summed E-state index contributed by atoms with van der Waals surface area (Å²) in [7, 11) is 9.88. The van der Waals surface area contributed by atoms with E-state index in [4.69, 9.17) is 42.6 Å². The molecule has 6 rings (SSSR count). The Labute approximate surface area is 284 Å². The summed E-state index contributed by atoms with van der Waals surface area (Å²) in [6, 6.07) is 11.9. The van der Waals surface area contributed by atoms with Crippen LogP contribution < -0.4 is 42.6 Å². The molecule has 3 aromatic carbocycles. The van der Waals surface area contributed by atoms with Crippen LogP contribution in [0.2, 0.25) is 0 Å². The van der Waals surface area contributed by atoms with Crippen LogP contribution in [0.3, 0.4) is 0 Å². The molecule has 3 aliphatic rings. The molecule has 0 fully saturated rings. The zero-order chi connectivity index (χ0) is 34.8. The maximum atomic E-state index is 6.99. The normalized spacial score (nSPS) is 22.6. The molecule has 3 heterocycles. The molecule has 0 bridgehead atoms. The predicted molar refractivity (Wildman–Crippen MR) is 184 cm³/mol. The number of fused-ring (bicyclic) bond motifs is 3. The second-order valence-electron chi connectivity index (χ2n) is 14.3. The van der Waals surface area contributed by atoms with E-state index < -0.39 is 16.8 Å². The van der Waals surface area contributed by atoms with Crippen LogP contribution in [0, 0.1) is 11.8 Å². The second-order valence-corrected chi connectivity index (χ2v) is 14.3. The number of benzene rings is 3. The summed E-state index contributed by atoms with van der Waals surface area (Å²) in [6.45, 7) is 12.8. The summed E-state index contributed by atoms with van der Waals surface area (Å²) in [4.78, 5) is 0. The maximum Gasteiger partial charge on any atom is 0.164 e. The monoisotopic (exact) mass is 660 g/mol. The van der Waals surface area contributed by atoms with Gasteiger partial charge in [0.15, 0.2) is 34.5 Å². The van der Waals surface area contributed by atoms with Crippen molar-refractivity contribution in [3.05, 3.63) is 59.2 Å². The SMILES string of the molecule is COc1cc2c(cc1OC)OC(C)(C)[C@H]([C@H]1c3cc(OC)c(OC)cc3OC(C)(C)[C@@H]1C1=CC(C)(C)Oc3cc(OC)c(OC)cc31)C2. The first kappa shape index (κ1) is 33.5. The molecule has 0 aromatic heterocycles. The van der Waals surface area contributed by atoms with E-state index in [2.05, 4.69) is 53.7 Å². The van der Waals surface area contributed by atoms with E-state index in [1.807, 2.05) is 30.3 Å². The minimum absolute atomic E-state index is 0.0245. The minimum atomic E-state index is -0.686. The smallest absolute Gasteiger partial charge is 0.164 e. The third-order valence-corrected chi connectivity index (χ3v) is 10.1. The molecule has 0 saturated carbocycles. The van der Waals surface area contributed by atoms with E-state index >= 15 is 0 Å². The van der Waals surface area contributed by atoms with Gasteiger partial charge in [0.2, 0.25) is 0 Å². The van der Waals surface area contributed by atoms with Crippen LogP contribution in [0.1, 0.15) is 64.2 Å². The van der Waals surface area contributed by atoms with Gasteiger partial charge in [0.05, 0.1) is 42.7 Å². The fraction of sp³-hybridized carbons (Fsp3) is 0.487. The summed E-state index contributed by atoms with van der Waals surface area (Å²) < 4.78 is 54.9. The lowest BCUT2D eigenvalue weighted by atomic mass is 9.59. The Hall–Kier alpha value is -4.40. The zero-order valence-corrected chi connectivity index (χ0v) is 30.2. The lowest BCUT2D eigenvalue weighted by Crippen LogP contribution is -2.54. The molecule has 9 nitrogen and oxygen atoms in total. The predicted octanol–water partition coefficient (Wildman–Crippen LogP) is 7.89. The highest BCUT2D eigenvalue weighted by Gasteiger charge is 2.55. The summed E-state index contributed by atoms with van der Waals surface area (Å²) in [5.74, 6) is 5.74. The average molecular weight is 661 g/mol. The number of hydrogen-bond acceptors (Lipinski definition) is 9. The number of methoxy groups -OCH3 is 6. The Kier molecular flexibility index (Phi) is 8.33. The van der Waals surface area contributed by atoms with Crippen LogP contribution in [0.15, 0.2) is 42.5 Å². The molecule has 9 heteroatoms. The quantitative estimate of drug-likeness (QED) is 0.240. The molecule has 48 heavy (non-hydrogen) atoms. The van der Waals surface area contributed by atoms with Crippen LogP contribution in [-0.2, 0) is 6.42 Å². The fourth-order valence-electron chi connectivity index (χ4n) is 7.95. The van der Waals surface area contributed by atoms with Crippen LogP contribution in [0.25, 0.3) is 5.57 Å². The Morgan fingerprint density at radius 2 is 1.02 bits per heavy atom. The molecule has 0 spiro atoms. The molecular weight excluding hydrogens is 612 g/mol. The number of rotatable bonds is 8. The lowest BCUT2D eigenvalue weighted by molar-refractivity contribution is -0.0337. The van der Waals surface area contributed by atoms with Gasteiger partial charge in [-0.2, -0.15) is 0 Å². The van der Waals surface area contributed by atoms with Crippen LogP contribution in [0.5, 0.6) is 51.7 Å². The Bertz CT molecular complexity index is 1750. The van der Waals surface area contributed by atoms with E-state index in [9.17, 15) is 0 Å². The Morgan fingerprint density at radius 3 is 1.60 bits per heavy atom. The van der Waals surface area contributed by atoms with E-state index in [-0.39, 0.29) is 17.8 Å². The van der Waals surface area contributed by atoms with Gasteiger partial charge in [0.25, 0.3) is 0 Å². The molecule has 0 aliphatic carbocycles. The summed E-state index contributed by atoms with van der Waals surface area (Å²) in [5.41, 5.74) is 2.21. The molecule has 3 aromatic rings. The second kappa shape index (κ2) is 11.9. The van der Waals surface area contributed by atoms with Crippen molar-refractivity contribution in [2.24, 2.45) is 11.8 Å². The lowest BCUT2D eigenvalue weighted by Gasteiger charge is -2.53. The minimum Gasteiger partial charge on any atom is -0.493 e. The topological polar surface area (TPSA) is 83.1 Å². The van der Waals surface area contributed by atoms with Gasteiger partial charge in [-0.3, -0.25) is 0 Å². The van der Waals surface area contributed by atoms with Crippen molar-refractivity contribution in [3.63, 3.8) is 0 Å². The van der Waals surface area contributed by atoms with Gasteiger partial charge in [-0.25, -0.2) is 0 Å². The zero-order valence-electron chi connectivity index (χ0n) is 30.2. The third kappa shape index (κ3) is 5.51. The van der Waals surface area contributed by atoms with Gasteiger partial charge in [0, 0.05) is 47.1 Å². The van der Waals surface area contributed by atoms with Crippen molar-refractivity contribution in [2.75, 3.05) is 42.7 Å². The van der Waals surface area contributed by atoms with Gasteiger partial charge in [-0.15, -0.1) is 0 Å². The average Bonchev–Trinajstić information content (AvgIpc) is 3.04. The standard InChI is InChI=1S/C39H48O9/c1-37(2)20-24(22-15-30(41-8)33(44-11)18-27(22)46-37)36-35(23-16-31(42-9)34(45-12)19-28(23)48-39(36,5)6)25-13-21-14-29(40-7)32(43-10)17-26(21)47-38(25,3)4/h14-20,25,35-36H,13H2,1-12H3/t25-,35+,36+/m0/s1. The van der Waals surface area contributed by atoms with Gasteiger partial charge >= 0.3 is 0 Å². The van der Waals surface area contributed by atoms with Gasteiger partial charge < -0.3 is 42.6 Å². The largest absolute Gasteiger partial charge is 0.493 e. The van der Waals surface area contributed by atoms with Crippen molar-refractivity contribution in [1.82, 2.24) is 0 Å². The van der Waals surface area contributed by atoms with E-state index in [1.54, 1.807) is 42.7 Å². The van der Waals surface area contributed by atoms with Gasteiger partial charge in [-0.1, -0.05) is 0 Å². The van der Waals surface area contributed by atoms with E-state index in [1.165, 1.54) is 0 Å². The van der Waals surface area contributed by atoms with Crippen LogP contribution in [-0.4, -0.2) is 59.5 Å². The molecule has 0 radical (unpaired) electrons. The molecule has 3 aliphatic heterocycles. The fourth-order valence-corrected chi connectivity index (χ4v) is 7.95. The first-order valence-corrected chi connectivity index (χ1v) is 16.3. The molecule has 0 unspecified atom stereocenters. The molecule has 0 amide bonds. The van der Waals surface area contributed by atoms with Crippen molar-refractivity contribution in [3.8, 4) is 51.7 Å². The van der Waals surface area contributed by atoms with E-state index in [0.29, 0.717) is 34.5 Å². The van der Waals surface area contributed by atoms with E-state index in [0.717, 1.165) is 45.9 Å². The molecule has 3 atom stereocenters. The first-order valence-electron chi connectivity index (χ1n) is 16.3. The highest BCUT2D eigenvalue weighted by atomic mass is 16.5. The summed E-state index contributed by atoms with van der Waals surface area (Å²) >= 11 is 0. The summed E-state index contributed by atoms with van der Waals surface area (Å²) in [6.07, 6.45) is 2.95. The highest BCUT2D eigenvalue weighted by molar-refractivity contribution is 5.79. The molecule has 0 saturated heterocycles. The Morgan fingerprint density at radius 1 is 0.542 bits per heavy atom. The molecular formula is C39H48O9. The molecule has 258 valence electrons. The van der Waals surface area contributed by atoms with Crippen molar-refractivity contribution in [1.29, 1.82) is 0 Å². The van der Waals surface area contributed by atoms with Gasteiger partial charge in [-0.05, 0) is 83.4 Å². The third-order valence-electron chi connectivity index (χ3n) is 10.1. The molecule has 0 N–H and O–H groups in total. The number of ether oxygens (including phenoxy) is 9. The maximum absolute atomic E-state index is 6.99. The van der Waals surface area contributed by atoms with Crippen molar-refractivity contribution in [2.45, 2.75) is 70.7 Å². The first-order chi connectivity index (χ1) is 22.7. The Balaban J connectivity index is 1.63. The summed E-state index contributed by atoms with van der Waals surface area (Å²) in [5, 5.41) is 0. The van der Waals surface area contributed by atoms with Gasteiger partial charge in [0.1, 0.15) is 34.1 Å². The van der Waals surface area contributed by atoms with Crippen LogP contribution in [0.4, 0.5) is 0 Å². The van der Waals surface area contributed by atoms with Crippen molar-refractivity contribution < 1.29 is 42.6 Å². The van der Waals surface area contributed by atoms with Crippen LogP contribution >= 0.6 is 0 Å². The number of hydrogen-bond donors (Lipinski definition) is 0.